The third kappa shape index (κ3) is 3.47. The van der Waals surface area contributed by atoms with Crippen LogP contribution in [0, 0.1) is 0 Å². The Morgan fingerprint density at radius 3 is 2.68 bits per heavy atom. The van der Waals surface area contributed by atoms with E-state index in [0.29, 0.717) is 19.1 Å². The Kier molecular flexibility index (Phi) is 4.59. The Bertz CT molecular complexity index is 442. The quantitative estimate of drug-likeness (QED) is 0.812. The van der Waals surface area contributed by atoms with E-state index in [2.05, 4.69) is 19.2 Å². The summed E-state index contributed by atoms with van der Waals surface area (Å²) in [4.78, 5) is 28.0. The molecule has 0 aromatic rings. The van der Waals surface area contributed by atoms with Crippen LogP contribution in [0.1, 0.15) is 53.9 Å². The van der Waals surface area contributed by atoms with Gasteiger partial charge in [0, 0.05) is 19.6 Å². The molecule has 2 heterocycles. The summed E-state index contributed by atoms with van der Waals surface area (Å²) in [6.07, 6.45) is 2.52. The van der Waals surface area contributed by atoms with Crippen LogP contribution in [-0.2, 0) is 4.74 Å². The lowest BCUT2D eigenvalue weighted by Crippen LogP contribution is -2.47. The highest BCUT2D eigenvalue weighted by Crippen LogP contribution is 2.38. The Morgan fingerprint density at radius 1 is 1.41 bits per heavy atom. The van der Waals surface area contributed by atoms with Crippen molar-refractivity contribution in [3.05, 3.63) is 0 Å². The zero-order chi connectivity index (χ0) is 16.5. The number of carbonyl (C=O) groups excluding carboxylic acids is 2. The highest BCUT2D eigenvalue weighted by molar-refractivity contribution is 5.79. The second kappa shape index (κ2) is 5.97. The lowest BCUT2D eigenvalue weighted by molar-refractivity contribution is 0.0525. The van der Waals surface area contributed by atoms with Gasteiger partial charge >= 0.3 is 12.1 Å². The molecule has 6 heteroatoms. The molecule has 0 unspecified atom stereocenters. The first kappa shape index (κ1) is 16.9. The molecule has 2 rings (SSSR count). The predicted molar refractivity (Wildman–Crippen MR) is 84.8 cm³/mol. The van der Waals surface area contributed by atoms with Gasteiger partial charge in [0.05, 0.1) is 11.6 Å². The third-order valence-corrected chi connectivity index (χ3v) is 4.47. The largest absolute Gasteiger partial charge is 0.444 e. The summed E-state index contributed by atoms with van der Waals surface area (Å²) >= 11 is 0. The first-order chi connectivity index (χ1) is 10.1. The topological polar surface area (TPSA) is 61.9 Å². The molecule has 0 saturated carbocycles. The van der Waals surface area contributed by atoms with E-state index in [9.17, 15) is 9.59 Å². The Labute approximate surface area is 133 Å². The first-order valence-corrected chi connectivity index (χ1v) is 8.18. The second-order valence-corrected chi connectivity index (χ2v) is 7.72. The minimum atomic E-state index is -0.484. The number of amides is 3. The van der Waals surface area contributed by atoms with Crippen molar-refractivity contribution in [3.8, 4) is 0 Å². The Morgan fingerprint density at radius 2 is 2.09 bits per heavy atom. The molecule has 0 spiro atoms. The van der Waals surface area contributed by atoms with Gasteiger partial charge in [0.25, 0.3) is 0 Å². The minimum Gasteiger partial charge on any atom is -0.444 e. The molecule has 0 bridgehead atoms. The number of alkyl carbamates (subject to hydrolysis) is 1. The number of hydrogen-bond acceptors (Lipinski definition) is 3. The molecule has 0 aromatic heterocycles. The van der Waals surface area contributed by atoms with Gasteiger partial charge in [-0.2, -0.15) is 0 Å². The average molecular weight is 311 g/mol. The fraction of sp³-hybridized carbons (Fsp3) is 0.875. The van der Waals surface area contributed by atoms with Crippen molar-refractivity contribution in [1.82, 2.24) is 15.1 Å². The number of fused-ring (bicyclic) bond motifs is 1. The van der Waals surface area contributed by atoms with Gasteiger partial charge in [0.1, 0.15) is 5.60 Å². The van der Waals surface area contributed by atoms with Crippen LogP contribution >= 0.6 is 0 Å². The van der Waals surface area contributed by atoms with Crippen molar-refractivity contribution in [2.45, 2.75) is 71.1 Å². The summed E-state index contributed by atoms with van der Waals surface area (Å²) in [5, 5.41) is 2.74. The van der Waals surface area contributed by atoms with Gasteiger partial charge in [0.2, 0.25) is 0 Å². The number of carbonyl (C=O) groups is 2. The summed E-state index contributed by atoms with van der Waals surface area (Å²) in [7, 11) is 0. The van der Waals surface area contributed by atoms with E-state index in [1.54, 1.807) is 0 Å². The van der Waals surface area contributed by atoms with E-state index in [1.807, 2.05) is 30.6 Å². The van der Waals surface area contributed by atoms with Crippen LogP contribution in [0.4, 0.5) is 9.59 Å². The van der Waals surface area contributed by atoms with Gasteiger partial charge in [-0.25, -0.2) is 9.59 Å². The zero-order valence-electron chi connectivity index (χ0n) is 14.4. The molecule has 0 radical (unpaired) electrons. The number of nitrogens with one attached hydrogen (secondary N) is 1. The molecule has 1 N–H and O–H groups in total. The summed E-state index contributed by atoms with van der Waals surface area (Å²) in [6.45, 7) is 11.8. The van der Waals surface area contributed by atoms with Crippen molar-refractivity contribution in [1.29, 1.82) is 0 Å². The van der Waals surface area contributed by atoms with Crippen molar-refractivity contribution in [2.24, 2.45) is 0 Å². The van der Waals surface area contributed by atoms with Crippen LogP contribution in [0.25, 0.3) is 0 Å². The summed E-state index contributed by atoms with van der Waals surface area (Å²) < 4.78 is 5.19. The highest BCUT2D eigenvalue weighted by atomic mass is 16.6. The number of hydrogen-bond donors (Lipinski definition) is 1. The van der Waals surface area contributed by atoms with E-state index in [0.717, 1.165) is 25.8 Å². The number of ether oxygens (including phenoxy) is 1. The molecule has 0 aliphatic carbocycles. The monoisotopic (exact) mass is 311 g/mol. The normalized spacial score (nSPS) is 23.7. The molecule has 2 aliphatic heterocycles. The van der Waals surface area contributed by atoms with E-state index in [4.69, 9.17) is 4.74 Å². The molecular weight excluding hydrogens is 282 g/mol. The number of rotatable bonds is 4. The third-order valence-electron chi connectivity index (χ3n) is 4.47. The molecule has 0 aromatic carbocycles. The van der Waals surface area contributed by atoms with Crippen molar-refractivity contribution < 1.29 is 14.3 Å². The number of nitrogens with zero attached hydrogens (tertiary/aromatic N) is 2. The van der Waals surface area contributed by atoms with Crippen LogP contribution in [0.2, 0.25) is 0 Å². The fourth-order valence-corrected chi connectivity index (χ4v) is 3.44. The molecule has 6 nitrogen and oxygen atoms in total. The first-order valence-electron chi connectivity index (χ1n) is 8.18. The molecular formula is C16H29N3O3. The van der Waals surface area contributed by atoms with Crippen LogP contribution in [0.15, 0.2) is 0 Å². The highest BCUT2D eigenvalue weighted by Gasteiger charge is 2.52. The molecule has 2 fully saturated rings. The zero-order valence-corrected chi connectivity index (χ0v) is 14.4. The van der Waals surface area contributed by atoms with Crippen molar-refractivity contribution in [3.63, 3.8) is 0 Å². The van der Waals surface area contributed by atoms with E-state index in [1.165, 1.54) is 0 Å². The Balaban J connectivity index is 1.78. The maximum absolute atomic E-state index is 12.5. The molecule has 2 aliphatic rings. The number of urea groups is 1. The van der Waals surface area contributed by atoms with Crippen LogP contribution in [-0.4, -0.2) is 58.7 Å². The SMILES string of the molecule is CC(C)(C)OC(=O)NCCCN1C(=O)N2CCC[C@H]2C1(C)C. The molecule has 2 saturated heterocycles. The Hall–Kier alpha value is -1.46. The molecule has 126 valence electrons. The second-order valence-electron chi connectivity index (χ2n) is 7.72. The summed E-state index contributed by atoms with van der Waals surface area (Å²) in [6, 6.07) is 0.476. The van der Waals surface area contributed by atoms with Gasteiger partial charge in [-0.05, 0) is 53.9 Å². The minimum absolute atomic E-state index is 0.125. The lowest BCUT2D eigenvalue weighted by atomic mass is 9.93. The lowest BCUT2D eigenvalue weighted by Gasteiger charge is -2.33. The van der Waals surface area contributed by atoms with Gasteiger partial charge in [-0.3, -0.25) is 0 Å². The van der Waals surface area contributed by atoms with Gasteiger partial charge < -0.3 is 19.9 Å². The van der Waals surface area contributed by atoms with Gasteiger partial charge in [-0.15, -0.1) is 0 Å². The molecule has 3 amide bonds. The molecule has 22 heavy (non-hydrogen) atoms. The average Bonchev–Trinajstić information content (AvgIpc) is 2.90. The summed E-state index contributed by atoms with van der Waals surface area (Å²) in [5.41, 5.74) is -0.610. The van der Waals surface area contributed by atoms with E-state index in [-0.39, 0.29) is 11.6 Å². The van der Waals surface area contributed by atoms with Gasteiger partial charge in [-0.1, -0.05) is 0 Å². The standard InChI is InChI=1S/C16H29N3O3/c1-15(2,3)22-13(20)17-9-7-11-19-14(21)18-10-6-8-12(18)16(19,4)5/h12H,6-11H2,1-5H3,(H,17,20)/t12-/m0/s1. The predicted octanol–water partition coefficient (Wildman–Crippen LogP) is 2.58. The smallest absolute Gasteiger partial charge is 0.407 e. The summed E-state index contributed by atoms with van der Waals surface area (Å²) in [5.74, 6) is 0. The van der Waals surface area contributed by atoms with Crippen LogP contribution < -0.4 is 5.32 Å². The van der Waals surface area contributed by atoms with E-state index >= 15 is 0 Å². The maximum atomic E-state index is 12.5. The molecule has 1 atom stereocenters. The maximum Gasteiger partial charge on any atom is 0.407 e. The van der Waals surface area contributed by atoms with Crippen LogP contribution in [0.5, 0.6) is 0 Å². The van der Waals surface area contributed by atoms with Crippen molar-refractivity contribution >= 4 is 12.1 Å². The van der Waals surface area contributed by atoms with Crippen molar-refractivity contribution in [2.75, 3.05) is 19.6 Å². The van der Waals surface area contributed by atoms with Crippen LogP contribution in [0.3, 0.4) is 0 Å². The fourth-order valence-electron chi connectivity index (χ4n) is 3.44. The van der Waals surface area contributed by atoms with E-state index < -0.39 is 11.7 Å². The van der Waals surface area contributed by atoms with Gasteiger partial charge in [0.15, 0.2) is 0 Å².